The van der Waals surface area contributed by atoms with E-state index in [4.69, 9.17) is 0 Å². The van der Waals surface area contributed by atoms with Crippen molar-refractivity contribution in [1.29, 1.82) is 0 Å². The first-order valence-electron chi connectivity index (χ1n) is 8.15. The summed E-state index contributed by atoms with van der Waals surface area (Å²) in [6, 6.07) is 0.489. The molecule has 3 atom stereocenters. The van der Waals surface area contributed by atoms with Gasteiger partial charge in [-0.25, -0.2) is 0 Å². The first kappa shape index (κ1) is 15.5. The summed E-state index contributed by atoms with van der Waals surface area (Å²) in [5.74, 6) is 0.154. The van der Waals surface area contributed by atoms with Gasteiger partial charge in [-0.1, -0.05) is 19.8 Å². The fraction of sp³-hybridized carbons (Fsp3) is 0.875. The van der Waals surface area contributed by atoms with Crippen LogP contribution in [-0.2, 0) is 9.59 Å². The summed E-state index contributed by atoms with van der Waals surface area (Å²) in [7, 11) is 0. The zero-order valence-corrected chi connectivity index (χ0v) is 12.9. The van der Waals surface area contributed by atoms with Gasteiger partial charge in [-0.2, -0.15) is 0 Å². The van der Waals surface area contributed by atoms with E-state index in [0.717, 1.165) is 45.3 Å². The number of nitrogens with one attached hydrogen (secondary N) is 1. The second-order valence-corrected chi connectivity index (χ2v) is 6.28. The maximum atomic E-state index is 12.4. The monoisotopic (exact) mass is 280 g/mol. The van der Waals surface area contributed by atoms with Gasteiger partial charge in [0.05, 0.1) is 0 Å². The summed E-state index contributed by atoms with van der Waals surface area (Å²) >= 11 is 0. The Hall–Kier alpha value is -0.900. The number of likely N-dealkylation sites (N-methyl/N-ethyl adjacent to an activating group) is 1. The number of amides is 1. The van der Waals surface area contributed by atoms with Gasteiger partial charge in [0.25, 0.3) is 0 Å². The number of likely N-dealkylation sites (tertiary alicyclic amines) is 1. The predicted octanol–water partition coefficient (Wildman–Crippen LogP) is 1.98. The SMILES string of the molecule is CCN1CCCC1CNC(=O)[C@H]1CCCC[C@H]1C(C)=O. The van der Waals surface area contributed by atoms with Gasteiger partial charge in [0.15, 0.2) is 0 Å². The number of hydrogen-bond acceptors (Lipinski definition) is 3. The molecule has 0 radical (unpaired) electrons. The Morgan fingerprint density at radius 3 is 2.45 bits per heavy atom. The maximum absolute atomic E-state index is 12.4. The molecule has 1 amide bonds. The number of hydrogen-bond donors (Lipinski definition) is 1. The Labute approximate surface area is 122 Å². The summed E-state index contributed by atoms with van der Waals surface area (Å²) in [6.07, 6.45) is 6.33. The van der Waals surface area contributed by atoms with Gasteiger partial charge in [-0.05, 0) is 45.7 Å². The van der Waals surface area contributed by atoms with Crippen molar-refractivity contribution in [3.63, 3.8) is 0 Å². The third-order valence-electron chi connectivity index (χ3n) is 5.04. The summed E-state index contributed by atoms with van der Waals surface area (Å²) < 4.78 is 0. The van der Waals surface area contributed by atoms with E-state index in [2.05, 4.69) is 17.1 Å². The first-order valence-corrected chi connectivity index (χ1v) is 8.15. The minimum absolute atomic E-state index is 0.0467. The van der Waals surface area contributed by atoms with Gasteiger partial charge < -0.3 is 5.32 Å². The van der Waals surface area contributed by atoms with Crippen LogP contribution in [0.2, 0.25) is 0 Å². The van der Waals surface area contributed by atoms with Crippen LogP contribution in [-0.4, -0.2) is 42.3 Å². The number of Topliss-reactive ketones (excluding diaryl/α,β-unsaturated/α-hetero) is 1. The smallest absolute Gasteiger partial charge is 0.223 e. The molecule has 1 N–H and O–H groups in total. The molecular weight excluding hydrogens is 252 g/mol. The molecular formula is C16H28N2O2. The van der Waals surface area contributed by atoms with Gasteiger partial charge in [0, 0.05) is 24.4 Å². The van der Waals surface area contributed by atoms with Crippen LogP contribution in [0.25, 0.3) is 0 Å². The molecule has 0 aromatic carbocycles. The van der Waals surface area contributed by atoms with Crippen LogP contribution in [0.1, 0.15) is 52.4 Å². The van der Waals surface area contributed by atoms with E-state index in [1.165, 1.54) is 12.8 Å². The molecule has 0 spiro atoms. The fourth-order valence-corrected chi connectivity index (χ4v) is 3.82. The molecule has 1 unspecified atom stereocenters. The number of ketones is 1. The van der Waals surface area contributed by atoms with E-state index in [1.54, 1.807) is 6.92 Å². The highest BCUT2D eigenvalue weighted by atomic mass is 16.2. The minimum Gasteiger partial charge on any atom is -0.354 e. The van der Waals surface area contributed by atoms with Crippen LogP contribution in [0, 0.1) is 11.8 Å². The first-order chi connectivity index (χ1) is 9.63. The molecule has 0 aromatic rings. The molecule has 1 aliphatic heterocycles. The Morgan fingerprint density at radius 1 is 1.10 bits per heavy atom. The lowest BCUT2D eigenvalue weighted by atomic mass is 9.77. The van der Waals surface area contributed by atoms with Crippen molar-refractivity contribution >= 4 is 11.7 Å². The Bertz CT molecular complexity index is 356. The normalized spacial score (nSPS) is 31.2. The lowest BCUT2D eigenvalue weighted by Crippen LogP contribution is -2.44. The van der Waals surface area contributed by atoms with Gasteiger partial charge in [0.1, 0.15) is 5.78 Å². The van der Waals surface area contributed by atoms with Crippen LogP contribution < -0.4 is 5.32 Å². The molecule has 1 saturated heterocycles. The summed E-state index contributed by atoms with van der Waals surface area (Å²) in [4.78, 5) is 26.5. The number of rotatable bonds is 5. The Morgan fingerprint density at radius 2 is 1.80 bits per heavy atom. The van der Waals surface area contributed by atoms with Crippen LogP contribution in [0.15, 0.2) is 0 Å². The Balaban J connectivity index is 1.85. The van der Waals surface area contributed by atoms with E-state index in [0.29, 0.717) is 6.04 Å². The number of nitrogens with zero attached hydrogens (tertiary/aromatic N) is 1. The van der Waals surface area contributed by atoms with E-state index >= 15 is 0 Å². The molecule has 0 bridgehead atoms. The van der Waals surface area contributed by atoms with Crippen molar-refractivity contribution in [3.8, 4) is 0 Å². The highest BCUT2D eigenvalue weighted by Gasteiger charge is 2.34. The van der Waals surface area contributed by atoms with E-state index in [9.17, 15) is 9.59 Å². The quantitative estimate of drug-likeness (QED) is 0.838. The second kappa shape index (κ2) is 7.21. The van der Waals surface area contributed by atoms with Crippen LogP contribution in [0.4, 0.5) is 0 Å². The van der Waals surface area contributed by atoms with Crippen molar-refractivity contribution in [2.75, 3.05) is 19.6 Å². The van der Waals surface area contributed by atoms with Crippen molar-refractivity contribution in [2.24, 2.45) is 11.8 Å². The lowest BCUT2D eigenvalue weighted by Gasteiger charge is -2.30. The lowest BCUT2D eigenvalue weighted by molar-refractivity contribution is -0.134. The molecule has 4 nitrogen and oxygen atoms in total. The zero-order chi connectivity index (χ0) is 14.5. The highest BCUT2D eigenvalue weighted by molar-refractivity contribution is 5.87. The minimum atomic E-state index is -0.0854. The van der Waals surface area contributed by atoms with Crippen LogP contribution in [0.3, 0.4) is 0 Å². The Kier molecular flexibility index (Phi) is 5.58. The molecule has 1 aliphatic carbocycles. The predicted molar refractivity (Wildman–Crippen MR) is 79.4 cm³/mol. The van der Waals surface area contributed by atoms with Crippen molar-refractivity contribution in [2.45, 2.75) is 58.4 Å². The van der Waals surface area contributed by atoms with E-state index in [1.807, 2.05) is 0 Å². The third-order valence-corrected chi connectivity index (χ3v) is 5.04. The number of carbonyl (C=O) groups excluding carboxylic acids is 2. The molecule has 114 valence electrons. The van der Waals surface area contributed by atoms with Gasteiger partial charge in [-0.3, -0.25) is 14.5 Å². The summed E-state index contributed by atoms with van der Waals surface area (Å²) in [5.41, 5.74) is 0. The average Bonchev–Trinajstić information content (AvgIpc) is 2.92. The largest absolute Gasteiger partial charge is 0.354 e. The van der Waals surface area contributed by atoms with Gasteiger partial charge >= 0.3 is 0 Å². The van der Waals surface area contributed by atoms with Crippen LogP contribution >= 0.6 is 0 Å². The third kappa shape index (κ3) is 3.60. The molecule has 0 aromatic heterocycles. The van der Waals surface area contributed by atoms with Crippen molar-refractivity contribution in [3.05, 3.63) is 0 Å². The molecule has 1 heterocycles. The topological polar surface area (TPSA) is 49.4 Å². The molecule has 2 fully saturated rings. The highest BCUT2D eigenvalue weighted by Crippen LogP contribution is 2.31. The standard InChI is InChI=1S/C16H28N2O2/c1-3-18-10-6-7-13(18)11-17-16(20)15-9-5-4-8-14(15)12(2)19/h13-15H,3-11H2,1-2H3,(H,17,20)/t13?,14-,15-/m0/s1. The van der Waals surface area contributed by atoms with Crippen LogP contribution in [0.5, 0.6) is 0 Å². The van der Waals surface area contributed by atoms with Gasteiger partial charge in [0.2, 0.25) is 5.91 Å². The fourth-order valence-electron chi connectivity index (χ4n) is 3.82. The van der Waals surface area contributed by atoms with Gasteiger partial charge in [-0.15, -0.1) is 0 Å². The van der Waals surface area contributed by atoms with Crippen molar-refractivity contribution < 1.29 is 9.59 Å². The zero-order valence-electron chi connectivity index (χ0n) is 12.9. The molecule has 20 heavy (non-hydrogen) atoms. The second-order valence-electron chi connectivity index (χ2n) is 6.28. The summed E-state index contributed by atoms with van der Waals surface area (Å²) in [5, 5.41) is 3.11. The summed E-state index contributed by atoms with van der Waals surface area (Å²) in [6.45, 7) is 6.75. The van der Waals surface area contributed by atoms with E-state index in [-0.39, 0.29) is 23.5 Å². The van der Waals surface area contributed by atoms with E-state index < -0.39 is 0 Å². The number of carbonyl (C=O) groups is 2. The molecule has 2 aliphatic rings. The average molecular weight is 280 g/mol. The molecule has 4 heteroatoms. The molecule has 1 saturated carbocycles. The van der Waals surface area contributed by atoms with Crippen molar-refractivity contribution in [1.82, 2.24) is 10.2 Å². The molecule has 2 rings (SSSR count). The maximum Gasteiger partial charge on any atom is 0.223 e.